The molecule has 9 heteroatoms. The summed E-state index contributed by atoms with van der Waals surface area (Å²) in [6.45, 7) is 3.34. The minimum Gasteiger partial charge on any atom is -0.493 e. The van der Waals surface area contributed by atoms with Crippen LogP contribution >= 0.6 is 22.9 Å². The molecule has 1 amide bonds. The molecule has 0 bridgehead atoms. The van der Waals surface area contributed by atoms with Crippen molar-refractivity contribution in [2.45, 2.75) is 13.3 Å². The maximum Gasteiger partial charge on any atom is 0.252 e. The zero-order valence-corrected chi connectivity index (χ0v) is 21.9. The smallest absolute Gasteiger partial charge is 0.252 e. The predicted octanol–water partition coefficient (Wildman–Crippen LogP) is 5.28. The van der Waals surface area contributed by atoms with Crippen molar-refractivity contribution in [3.63, 3.8) is 0 Å². The molecule has 1 aromatic heterocycles. The number of carbonyl (C=O) groups excluding carboxylic acids is 1. The Morgan fingerprint density at radius 1 is 1.09 bits per heavy atom. The van der Waals surface area contributed by atoms with E-state index < -0.39 is 0 Å². The van der Waals surface area contributed by atoms with Crippen LogP contribution in [0.25, 0.3) is 16.3 Å². The van der Waals surface area contributed by atoms with Crippen LogP contribution in [-0.4, -0.2) is 64.3 Å². The van der Waals surface area contributed by atoms with Crippen molar-refractivity contribution in [2.24, 2.45) is 0 Å². The van der Waals surface area contributed by atoms with Crippen LogP contribution in [0.2, 0.25) is 5.02 Å². The number of nitrogens with zero attached hydrogens (tertiary/aromatic N) is 3. The Bertz CT molecular complexity index is 1170. The molecule has 0 aliphatic rings. The van der Waals surface area contributed by atoms with Crippen molar-refractivity contribution in [1.82, 2.24) is 9.88 Å². The van der Waals surface area contributed by atoms with Gasteiger partial charge in [0.05, 0.1) is 31.5 Å². The Morgan fingerprint density at radius 3 is 2.35 bits per heavy atom. The minimum atomic E-state index is -0.157. The Morgan fingerprint density at radius 2 is 1.76 bits per heavy atom. The van der Waals surface area contributed by atoms with Crippen molar-refractivity contribution in [1.29, 1.82) is 0 Å². The Balaban J connectivity index is 1.93. The second-order valence-corrected chi connectivity index (χ2v) is 9.37. The number of amides is 1. The van der Waals surface area contributed by atoms with Gasteiger partial charge < -0.3 is 19.1 Å². The predicted molar refractivity (Wildman–Crippen MR) is 140 cm³/mol. The average molecular weight is 504 g/mol. The minimum absolute atomic E-state index is 0.157. The van der Waals surface area contributed by atoms with Crippen LogP contribution in [0.4, 0.5) is 5.13 Å². The molecule has 0 saturated heterocycles. The molecule has 3 rings (SSSR count). The van der Waals surface area contributed by atoms with Gasteiger partial charge in [-0.1, -0.05) is 22.9 Å². The number of hydrogen-bond acceptors (Lipinski definition) is 7. The Labute approximate surface area is 209 Å². The van der Waals surface area contributed by atoms with Gasteiger partial charge in [-0.25, -0.2) is 4.98 Å². The molecule has 1 heterocycles. The SMILES string of the molecule is COc1cc(C=CC(=O)N(CCCN(C)C)c2nc3c(C)c(Cl)ccc3s2)cc(OC)c1OC. The van der Waals surface area contributed by atoms with Crippen molar-refractivity contribution in [3.8, 4) is 17.2 Å². The fourth-order valence-electron chi connectivity index (χ4n) is 3.50. The van der Waals surface area contributed by atoms with Crippen molar-refractivity contribution >= 4 is 50.3 Å². The number of aryl methyl sites for hydroxylation is 1. The summed E-state index contributed by atoms with van der Waals surface area (Å²) in [7, 11) is 8.70. The molecule has 182 valence electrons. The molecular formula is C25H30ClN3O4S. The number of thiazole rings is 1. The number of carbonyl (C=O) groups is 1. The summed E-state index contributed by atoms with van der Waals surface area (Å²) in [5.74, 6) is 1.39. The van der Waals surface area contributed by atoms with E-state index in [1.165, 1.54) is 11.3 Å². The highest BCUT2D eigenvalue weighted by atomic mass is 35.5. The first kappa shape index (κ1) is 25.8. The molecule has 0 radical (unpaired) electrons. The normalized spacial score (nSPS) is 11.4. The van der Waals surface area contributed by atoms with Gasteiger partial charge in [-0.05, 0) is 75.5 Å². The maximum atomic E-state index is 13.3. The third-order valence-corrected chi connectivity index (χ3v) is 6.78. The number of halogens is 1. The van der Waals surface area contributed by atoms with Crippen LogP contribution in [0.3, 0.4) is 0 Å². The van der Waals surface area contributed by atoms with Gasteiger partial charge >= 0.3 is 0 Å². The van der Waals surface area contributed by atoms with Gasteiger partial charge in [0.15, 0.2) is 16.6 Å². The summed E-state index contributed by atoms with van der Waals surface area (Å²) in [5, 5.41) is 1.32. The number of ether oxygens (including phenoxy) is 3. The Kier molecular flexibility index (Phi) is 8.77. The number of fused-ring (bicyclic) bond motifs is 1. The van der Waals surface area contributed by atoms with Gasteiger partial charge in [-0.15, -0.1) is 0 Å². The van der Waals surface area contributed by atoms with Crippen molar-refractivity contribution in [2.75, 3.05) is 53.4 Å². The van der Waals surface area contributed by atoms with Crippen LogP contribution in [0.1, 0.15) is 17.5 Å². The zero-order valence-electron chi connectivity index (χ0n) is 20.3. The maximum absolute atomic E-state index is 13.3. The van der Waals surface area contributed by atoms with Crippen molar-refractivity contribution < 1.29 is 19.0 Å². The fourth-order valence-corrected chi connectivity index (χ4v) is 4.71. The first-order chi connectivity index (χ1) is 16.3. The van der Waals surface area contributed by atoms with Crippen LogP contribution in [0.15, 0.2) is 30.3 Å². The van der Waals surface area contributed by atoms with E-state index in [9.17, 15) is 4.79 Å². The van der Waals surface area contributed by atoms with Gasteiger partial charge in [0.2, 0.25) is 5.75 Å². The topological polar surface area (TPSA) is 64.1 Å². The largest absolute Gasteiger partial charge is 0.493 e. The summed E-state index contributed by atoms with van der Waals surface area (Å²) in [6.07, 6.45) is 4.09. The number of aromatic nitrogens is 1. The molecule has 0 aliphatic heterocycles. The van der Waals surface area contributed by atoms with Crippen LogP contribution < -0.4 is 19.1 Å². The quantitative estimate of drug-likeness (QED) is 0.351. The lowest BCUT2D eigenvalue weighted by Gasteiger charge is -2.19. The second kappa shape index (κ2) is 11.6. The lowest BCUT2D eigenvalue weighted by Crippen LogP contribution is -2.32. The van der Waals surface area contributed by atoms with E-state index >= 15 is 0 Å². The summed E-state index contributed by atoms with van der Waals surface area (Å²) in [6, 6.07) is 7.40. The molecule has 0 aliphatic carbocycles. The monoisotopic (exact) mass is 503 g/mol. The highest BCUT2D eigenvalue weighted by Gasteiger charge is 2.19. The van der Waals surface area contributed by atoms with E-state index in [2.05, 4.69) is 4.90 Å². The van der Waals surface area contributed by atoms with E-state index in [0.29, 0.717) is 33.9 Å². The molecule has 0 atom stereocenters. The standard InChI is InChI=1S/C25H30ClN3O4S/c1-16-18(26)9-10-21-23(16)27-25(34-21)29(13-7-12-28(2)3)22(30)11-8-17-14-19(31-4)24(33-6)20(15-17)32-5/h8-11,14-15H,7,12-13H2,1-6H3. The summed E-state index contributed by atoms with van der Waals surface area (Å²) in [4.78, 5) is 21.9. The van der Waals surface area contributed by atoms with E-state index in [0.717, 1.165) is 34.3 Å². The van der Waals surface area contributed by atoms with Gasteiger partial charge in [0, 0.05) is 17.6 Å². The third kappa shape index (κ3) is 5.81. The first-order valence-corrected chi connectivity index (χ1v) is 12.0. The number of methoxy groups -OCH3 is 3. The van der Waals surface area contributed by atoms with Crippen LogP contribution in [0, 0.1) is 6.92 Å². The van der Waals surface area contributed by atoms with E-state index in [1.807, 2.05) is 33.2 Å². The zero-order chi connectivity index (χ0) is 24.8. The Hall–Kier alpha value is -2.81. The molecule has 2 aromatic carbocycles. The molecular weight excluding hydrogens is 474 g/mol. The summed E-state index contributed by atoms with van der Waals surface area (Å²) < 4.78 is 17.2. The molecule has 7 nitrogen and oxygen atoms in total. The molecule has 34 heavy (non-hydrogen) atoms. The van der Waals surface area contributed by atoms with Crippen LogP contribution in [-0.2, 0) is 4.79 Å². The molecule has 3 aromatic rings. The molecule has 0 N–H and O–H groups in total. The molecule has 0 fully saturated rings. The van der Waals surface area contributed by atoms with Gasteiger partial charge in [0.25, 0.3) is 5.91 Å². The second-order valence-electron chi connectivity index (χ2n) is 7.95. The molecule has 0 spiro atoms. The van der Waals surface area contributed by atoms with E-state index in [4.69, 9.17) is 30.8 Å². The lowest BCUT2D eigenvalue weighted by atomic mass is 10.1. The number of rotatable bonds is 10. The van der Waals surface area contributed by atoms with E-state index in [1.54, 1.807) is 50.5 Å². The first-order valence-electron chi connectivity index (χ1n) is 10.8. The summed E-state index contributed by atoms with van der Waals surface area (Å²) in [5.41, 5.74) is 2.49. The number of hydrogen-bond donors (Lipinski definition) is 0. The van der Waals surface area contributed by atoms with Gasteiger partial charge in [-0.3, -0.25) is 9.69 Å². The highest BCUT2D eigenvalue weighted by molar-refractivity contribution is 7.22. The van der Waals surface area contributed by atoms with Crippen LogP contribution in [0.5, 0.6) is 17.2 Å². The summed E-state index contributed by atoms with van der Waals surface area (Å²) >= 11 is 7.77. The highest BCUT2D eigenvalue weighted by Crippen LogP contribution is 2.38. The van der Waals surface area contributed by atoms with Gasteiger partial charge in [0.1, 0.15) is 0 Å². The molecule has 0 saturated carbocycles. The number of benzene rings is 2. The number of anilines is 1. The average Bonchev–Trinajstić information content (AvgIpc) is 3.26. The van der Waals surface area contributed by atoms with E-state index in [-0.39, 0.29) is 5.91 Å². The lowest BCUT2D eigenvalue weighted by molar-refractivity contribution is -0.114. The third-order valence-electron chi connectivity index (χ3n) is 5.33. The van der Waals surface area contributed by atoms with Gasteiger partial charge in [-0.2, -0.15) is 0 Å². The molecule has 0 unspecified atom stereocenters. The van der Waals surface area contributed by atoms with Crippen molar-refractivity contribution in [3.05, 3.63) is 46.5 Å². The fraction of sp³-hybridized carbons (Fsp3) is 0.360.